The predicted octanol–water partition coefficient (Wildman–Crippen LogP) is 2.98. The number of benzene rings is 1. The van der Waals surface area contributed by atoms with E-state index in [4.69, 9.17) is 10.5 Å². The van der Waals surface area contributed by atoms with E-state index < -0.39 is 0 Å². The lowest BCUT2D eigenvalue weighted by Gasteiger charge is -2.55. The van der Waals surface area contributed by atoms with Gasteiger partial charge >= 0.3 is 0 Å². The second-order valence-electron chi connectivity index (χ2n) is 5.77. The Kier molecular flexibility index (Phi) is 4.88. The Morgan fingerprint density at radius 1 is 1.38 bits per heavy atom. The molecule has 1 aromatic carbocycles. The average Bonchev–Trinajstić information content (AvgIpc) is 2.47. The molecule has 1 amide bonds. The van der Waals surface area contributed by atoms with E-state index in [0.717, 1.165) is 25.9 Å². The number of hydrogen-bond acceptors (Lipinski definition) is 3. The average molecular weight is 290 g/mol. The number of nitrogens with two attached hydrogens (primary N) is 1. The molecule has 1 aliphatic rings. The molecule has 1 aromatic rings. The molecule has 0 aromatic heterocycles. The van der Waals surface area contributed by atoms with Crippen molar-refractivity contribution in [3.05, 3.63) is 29.8 Å². The number of carbonyl (C=O) groups excluding carboxylic acids is 1. The van der Waals surface area contributed by atoms with E-state index in [1.165, 1.54) is 0 Å². The van der Waals surface area contributed by atoms with Gasteiger partial charge in [-0.25, -0.2) is 0 Å². The van der Waals surface area contributed by atoms with Gasteiger partial charge in [0.15, 0.2) is 0 Å². The molecule has 0 bridgehead atoms. The van der Waals surface area contributed by atoms with Gasteiger partial charge in [0.2, 0.25) is 0 Å². The molecule has 116 valence electrons. The first kappa shape index (κ1) is 15.8. The van der Waals surface area contributed by atoms with Gasteiger partial charge in [0.05, 0.1) is 6.10 Å². The molecule has 4 heteroatoms. The van der Waals surface area contributed by atoms with Crippen LogP contribution in [-0.4, -0.2) is 24.7 Å². The third-order valence-electron chi connectivity index (χ3n) is 4.92. The number of rotatable bonds is 6. The summed E-state index contributed by atoms with van der Waals surface area (Å²) in [5.41, 5.74) is 7.04. The van der Waals surface area contributed by atoms with Crippen molar-refractivity contribution in [3.63, 3.8) is 0 Å². The summed E-state index contributed by atoms with van der Waals surface area (Å²) in [5, 5.41) is 3.17. The van der Waals surface area contributed by atoms with Gasteiger partial charge in [0, 0.05) is 29.3 Å². The molecule has 0 heterocycles. The van der Waals surface area contributed by atoms with Crippen molar-refractivity contribution in [2.24, 2.45) is 5.41 Å². The Morgan fingerprint density at radius 2 is 2.10 bits per heavy atom. The summed E-state index contributed by atoms with van der Waals surface area (Å²) >= 11 is 0. The zero-order chi connectivity index (χ0) is 15.5. The number of amides is 1. The first-order valence-electron chi connectivity index (χ1n) is 7.85. The van der Waals surface area contributed by atoms with Gasteiger partial charge in [0.25, 0.3) is 5.91 Å². The van der Waals surface area contributed by atoms with Crippen LogP contribution in [0.2, 0.25) is 0 Å². The van der Waals surface area contributed by atoms with E-state index >= 15 is 0 Å². The van der Waals surface area contributed by atoms with Crippen LogP contribution < -0.4 is 11.1 Å². The third kappa shape index (κ3) is 2.91. The van der Waals surface area contributed by atoms with Gasteiger partial charge < -0.3 is 15.8 Å². The highest BCUT2D eigenvalue weighted by atomic mass is 16.5. The van der Waals surface area contributed by atoms with Crippen LogP contribution in [0.5, 0.6) is 0 Å². The molecule has 2 unspecified atom stereocenters. The van der Waals surface area contributed by atoms with Crippen LogP contribution in [0.1, 0.15) is 50.4 Å². The van der Waals surface area contributed by atoms with E-state index in [2.05, 4.69) is 19.2 Å². The fraction of sp³-hybridized carbons (Fsp3) is 0.588. The van der Waals surface area contributed by atoms with Crippen LogP contribution in [0.3, 0.4) is 0 Å². The Hall–Kier alpha value is -1.55. The minimum Gasteiger partial charge on any atom is -0.399 e. The van der Waals surface area contributed by atoms with E-state index in [9.17, 15) is 4.79 Å². The Labute approximate surface area is 127 Å². The van der Waals surface area contributed by atoms with Crippen molar-refractivity contribution < 1.29 is 9.53 Å². The number of ether oxygens (including phenoxy) is 1. The van der Waals surface area contributed by atoms with Gasteiger partial charge in [0.1, 0.15) is 0 Å². The summed E-state index contributed by atoms with van der Waals surface area (Å²) < 4.78 is 5.84. The van der Waals surface area contributed by atoms with E-state index in [0.29, 0.717) is 11.3 Å². The molecule has 1 aliphatic carbocycles. The van der Waals surface area contributed by atoms with E-state index in [-0.39, 0.29) is 23.5 Å². The molecular formula is C17H26N2O2. The maximum atomic E-state index is 12.4. The molecule has 3 N–H and O–H groups in total. The zero-order valence-electron chi connectivity index (χ0n) is 13.2. The summed E-state index contributed by atoms with van der Waals surface area (Å²) in [6.45, 7) is 7.10. The van der Waals surface area contributed by atoms with Crippen LogP contribution in [0.4, 0.5) is 5.69 Å². The quantitative estimate of drug-likeness (QED) is 0.792. The highest BCUT2D eigenvalue weighted by molar-refractivity contribution is 5.95. The minimum atomic E-state index is -0.0477. The summed E-state index contributed by atoms with van der Waals surface area (Å²) in [7, 11) is 0. The lowest BCUT2D eigenvalue weighted by molar-refractivity contribution is -0.134. The highest BCUT2D eigenvalue weighted by Gasteiger charge is 2.53. The van der Waals surface area contributed by atoms with Crippen molar-refractivity contribution in [2.45, 2.75) is 52.2 Å². The van der Waals surface area contributed by atoms with E-state index in [1.54, 1.807) is 24.3 Å². The van der Waals surface area contributed by atoms with Crippen LogP contribution in [-0.2, 0) is 4.74 Å². The lowest BCUT2D eigenvalue weighted by Crippen LogP contribution is -2.64. The molecule has 21 heavy (non-hydrogen) atoms. The lowest BCUT2D eigenvalue weighted by atomic mass is 9.58. The molecule has 4 nitrogen and oxygen atoms in total. The molecule has 0 saturated heterocycles. The van der Waals surface area contributed by atoms with Crippen molar-refractivity contribution >= 4 is 11.6 Å². The molecule has 1 saturated carbocycles. The van der Waals surface area contributed by atoms with Gasteiger partial charge in [-0.05, 0) is 44.4 Å². The second kappa shape index (κ2) is 6.48. The Bertz CT molecular complexity index is 497. The topological polar surface area (TPSA) is 64.3 Å². The third-order valence-corrected chi connectivity index (χ3v) is 4.92. The normalized spacial score (nSPS) is 23.4. The summed E-state index contributed by atoms with van der Waals surface area (Å²) in [6.07, 6.45) is 3.17. The van der Waals surface area contributed by atoms with Gasteiger partial charge in [-0.15, -0.1) is 0 Å². The monoisotopic (exact) mass is 290 g/mol. The molecule has 1 fully saturated rings. The van der Waals surface area contributed by atoms with Gasteiger partial charge in [-0.3, -0.25) is 4.79 Å². The standard InChI is InChI=1S/C17H26N2O2/c1-4-17(5-2)14(11-15(17)21-6-3)19-16(20)12-8-7-9-13(18)10-12/h7-10,14-15H,4-6,11,18H2,1-3H3,(H,19,20). The number of nitrogens with one attached hydrogen (secondary N) is 1. The molecule has 2 atom stereocenters. The van der Waals surface area contributed by atoms with E-state index in [1.807, 2.05) is 6.92 Å². The fourth-order valence-electron chi connectivity index (χ4n) is 3.50. The van der Waals surface area contributed by atoms with Crippen molar-refractivity contribution in [2.75, 3.05) is 12.3 Å². The smallest absolute Gasteiger partial charge is 0.251 e. The first-order chi connectivity index (χ1) is 10.1. The zero-order valence-corrected chi connectivity index (χ0v) is 13.2. The molecule has 2 rings (SSSR count). The van der Waals surface area contributed by atoms with Crippen molar-refractivity contribution in [1.29, 1.82) is 0 Å². The van der Waals surface area contributed by atoms with Crippen LogP contribution >= 0.6 is 0 Å². The predicted molar refractivity (Wildman–Crippen MR) is 85.2 cm³/mol. The number of carbonyl (C=O) groups is 1. The van der Waals surface area contributed by atoms with Crippen molar-refractivity contribution in [1.82, 2.24) is 5.32 Å². The largest absolute Gasteiger partial charge is 0.399 e. The number of anilines is 1. The number of hydrogen-bond donors (Lipinski definition) is 2. The van der Waals surface area contributed by atoms with Gasteiger partial charge in [-0.1, -0.05) is 19.9 Å². The highest BCUT2D eigenvalue weighted by Crippen LogP contribution is 2.48. The molecule has 0 spiro atoms. The maximum absolute atomic E-state index is 12.4. The summed E-state index contributed by atoms with van der Waals surface area (Å²) in [4.78, 5) is 12.4. The summed E-state index contributed by atoms with van der Waals surface area (Å²) in [5.74, 6) is -0.0477. The number of nitrogen functional groups attached to an aromatic ring is 1. The second-order valence-corrected chi connectivity index (χ2v) is 5.77. The SMILES string of the molecule is CCOC1CC(NC(=O)c2cccc(N)c2)C1(CC)CC. The van der Waals surface area contributed by atoms with Crippen LogP contribution in [0.25, 0.3) is 0 Å². The van der Waals surface area contributed by atoms with Crippen LogP contribution in [0.15, 0.2) is 24.3 Å². The first-order valence-corrected chi connectivity index (χ1v) is 7.85. The molecule has 0 radical (unpaired) electrons. The van der Waals surface area contributed by atoms with Gasteiger partial charge in [-0.2, -0.15) is 0 Å². The Morgan fingerprint density at radius 3 is 2.67 bits per heavy atom. The molecule has 0 aliphatic heterocycles. The maximum Gasteiger partial charge on any atom is 0.251 e. The fourth-order valence-corrected chi connectivity index (χ4v) is 3.50. The summed E-state index contributed by atoms with van der Waals surface area (Å²) in [6, 6.07) is 7.28. The van der Waals surface area contributed by atoms with Crippen LogP contribution in [0, 0.1) is 5.41 Å². The molecular weight excluding hydrogens is 264 g/mol. The van der Waals surface area contributed by atoms with Crippen molar-refractivity contribution in [3.8, 4) is 0 Å². The Balaban J connectivity index is 2.07. The minimum absolute atomic E-state index is 0.0477.